The van der Waals surface area contributed by atoms with Crippen LogP contribution in [0.4, 0.5) is 5.69 Å². The Morgan fingerprint density at radius 3 is 2.37 bits per heavy atom. The molecular weight excluding hydrogens is 380 g/mol. The van der Waals surface area contributed by atoms with Crippen LogP contribution in [0, 0.1) is 5.92 Å². The molecule has 0 aliphatic carbocycles. The van der Waals surface area contributed by atoms with E-state index in [1.54, 1.807) is 0 Å². The molecule has 0 unspecified atom stereocenters. The maximum Gasteiger partial charge on any atom is 0.221 e. The van der Waals surface area contributed by atoms with Gasteiger partial charge in [0.2, 0.25) is 5.91 Å². The van der Waals surface area contributed by atoms with Gasteiger partial charge in [-0.15, -0.1) is 0 Å². The third-order valence-electron chi connectivity index (χ3n) is 3.75. The lowest BCUT2D eigenvalue weighted by Gasteiger charge is -2.15. The predicted octanol–water partition coefficient (Wildman–Crippen LogP) is 3.81. The normalized spacial score (nSPS) is 11.8. The number of hydrogen-bond donors (Lipinski definition) is 3. The van der Waals surface area contributed by atoms with Crippen LogP contribution in [-0.2, 0) is 9.53 Å². The van der Waals surface area contributed by atoms with Gasteiger partial charge in [-0.1, -0.05) is 13.8 Å². The number of rotatable bonds is 13. The highest BCUT2D eigenvalue weighted by molar-refractivity contribution is 5.93. The molecule has 7 heteroatoms. The summed E-state index contributed by atoms with van der Waals surface area (Å²) in [5, 5.41) is 9.42. The summed E-state index contributed by atoms with van der Waals surface area (Å²) in [6.07, 6.45) is 1.36. The van der Waals surface area contributed by atoms with Crippen LogP contribution in [0.1, 0.15) is 54.4 Å². The van der Waals surface area contributed by atoms with Crippen LogP contribution in [0.15, 0.2) is 29.3 Å². The van der Waals surface area contributed by atoms with Crippen LogP contribution >= 0.6 is 0 Å². The second-order valence-electron chi connectivity index (χ2n) is 8.27. The fraction of sp³-hybridized carbons (Fsp3) is 0.652. The molecule has 0 spiro atoms. The molecule has 0 radical (unpaired) electrons. The second-order valence-corrected chi connectivity index (χ2v) is 8.27. The molecule has 0 fully saturated rings. The third-order valence-corrected chi connectivity index (χ3v) is 3.75. The Morgan fingerprint density at radius 2 is 1.77 bits per heavy atom. The standard InChI is InChI=1S/C23H40N4O3/c1-17(2)16-29-15-7-13-24-23(25-14-12-22(28)26-18(3)4)27-20-8-10-21(11-9-20)30-19(5)6/h8-11,17-19H,7,12-16H2,1-6H3,(H,26,28)(H2,24,25,27). The summed E-state index contributed by atoms with van der Waals surface area (Å²) < 4.78 is 11.3. The smallest absolute Gasteiger partial charge is 0.221 e. The molecular formula is C23H40N4O3. The fourth-order valence-corrected chi connectivity index (χ4v) is 2.53. The third kappa shape index (κ3) is 13.0. The van der Waals surface area contributed by atoms with Crippen LogP contribution in [0.2, 0.25) is 0 Å². The van der Waals surface area contributed by atoms with E-state index in [-0.39, 0.29) is 18.1 Å². The number of hydrogen-bond acceptors (Lipinski definition) is 4. The fourth-order valence-electron chi connectivity index (χ4n) is 2.53. The molecule has 0 aliphatic heterocycles. The van der Waals surface area contributed by atoms with Gasteiger partial charge in [0.15, 0.2) is 5.96 Å². The Hall–Kier alpha value is -2.28. The van der Waals surface area contributed by atoms with Crippen LogP contribution in [0.3, 0.4) is 0 Å². The Labute approximate surface area is 182 Å². The quantitative estimate of drug-likeness (QED) is 0.257. The molecule has 0 saturated carbocycles. The number of benzene rings is 1. The molecule has 0 aromatic heterocycles. The Morgan fingerprint density at radius 1 is 1.07 bits per heavy atom. The minimum Gasteiger partial charge on any atom is -0.491 e. The van der Waals surface area contributed by atoms with E-state index in [9.17, 15) is 4.79 Å². The number of ether oxygens (including phenoxy) is 2. The lowest BCUT2D eigenvalue weighted by atomic mass is 10.2. The molecule has 0 bridgehead atoms. The van der Waals surface area contributed by atoms with Gasteiger partial charge in [-0.05, 0) is 64.3 Å². The first kappa shape index (κ1) is 25.8. The van der Waals surface area contributed by atoms with Crippen molar-refractivity contribution in [2.75, 3.05) is 31.6 Å². The summed E-state index contributed by atoms with van der Waals surface area (Å²) in [5.41, 5.74) is 0.903. The van der Waals surface area contributed by atoms with E-state index >= 15 is 0 Å². The van der Waals surface area contributed by atoms with E-state index < -0.39 is 0 Å². The highest BCUT2D eigenvalue weighted by Gasteiger charge is 2.06. The van der Waals surface area contributed by atoms with Crippen molar-refractivity contribution in [2.45, 2.75) is 66.5 Å². The maximum absolute atomic E-state index is 11.9. The number of carbonyl (C=O) groups is 1. The summed E-state index contributed by atoms with van der Waals surface area (Å²) in [5.74, 6) is 2.03. The lowest BCUT2D eigenvalue weighted by Crippen LogP contribution is -2.36. The van der Waals surface area contributed by atoms with Crippen molar-refractivity contribution in [3.8, 4) is 5.75 Å². The summed E-state index contributed by atoms with van der Waals surface area (Å²) in [7, 11) is 0. The predicted molar refractivity (Wildman–Crippen MR) is 124 cm³/mol. The molecule has 0 saturated heterocycles. The van der Waals surface area contributed by atoms with Gasteiger partial charge in [-0.2, -0.15) is 0 Å². The number of amides is 1. The Kier molecular flexibility index (Phi) is 12.6. The number of nitrogens with one attached hydrogen (secondary N) is 3. The van der Waals surface area contributed by atoms with Gasteiger partial charge < -0.3 is 25.4 Å². The molecule has 0 heterocycles. The number of carbonyl (C=O) groups excluding carboxylic acids is 1. The zero-order chi connectivity index (χ0) is 22.4. The van der Waals surface area contributed by atoms with Gasteiger partial charge in [0.25, 0.3) is 0 Å². The summed E-state index contributed by atoms with van der Waals surface area (Å²) >= 11 is 0. The van der Waals surface area contributed by atoms with E-state index in [4.69, 9.17) is 9.47 Å². The van der Waals surface area contributed by atoms with Gasteiger partial charge in [0, 0.05) is 44.5 Å². The first-order chi connectivity index (χ1) is 14.3. The van der Waals surface area contributed by atoms with Crippen LogP contribution in [0.25, 0.3) is 0 Å². The second kappa shape index (κ2) is 14.7. The van der Waals surface area contributed by atoms with Crippen LogP contribution < -0.4 is 20.7 Å². The summed E-state index contributed by atoms with van der Waals surface area (Å²) in [6, 6.07) is 7.89. The van der Waals surface area contributed by atoms with E-state index in [2.05, 4.69) is 34.8 Å². The highest BCUT2D eigenvalue weighted by atomic mass is 16.5. The minimum absolute atomic E-state index is 0.0223. The molecule has 1 aromatic rings. The van der Waals surface area contributed by atoms with Crippen molar-refractivity contribution in [1.82, 2.24) is 10.6 Å². The zero-order valence-electron chi connectivity index (χ0n) is 19.5. The van der Waals surface area contributed by atoms with Gasteiger partial charge in [-0.25, -0.2) is 0 Å². The SMILES string of the molecule is CC(C)COCCCN=C(NCCC(=O)NC(C)C)Nc1ccc(OC(C)C)cc1. The Balaban J connectivity index is 2.59. The van der Waals surface area contributed by atoms with Crippen LogP contribution in [-0.4, -0.2) is 50.3 Å². The first-order valence-corrected chi connectivity index (χ1v) is 11.0. The average Bonchev–Trinajstić information content (AvgIpc) is 2.64. The molecule has 0 aliphatic rings. The average molecular weight is 421 g/mol. The number of guanidine groups is 1. The molecule has 30 heavy (non-hydrogen) atoms. The number of nitrogens with zero attached hydrogens (tertiary/aromatic N) is 1. The van der Waals surface area contributed by atoms with Crippen molar-refractivity contribution in [3.05, 3.63) is 24.3 Å². The first-order valence-electron chi connectivity index (χ1n) is 11.0. The largest absolute Gasteiger partial charge is 0.491 e. The van der Waals surface area contributed by atoms with E-state index in [1.807, 2.05) is 52.0 Å². The van der Waals surface area contributed by atoms with Gasteiger partial charge in [0.05, 0.1) is 6.10 Å². The number of aliphatic imine (C=N–C) groups is 1. The molecule has 7 nitrogen and oxygen atoms in total. The van der Waals surface area contributed by atoms with E-state index in [1.165, 1.54) is 0 Å². The molecule has 1 rings (SSSR count). The Bertz CT molecular complexity index is 628. The van der Waals surface area contributed by atoms with Gasteiger partial charge in [0.1, 0.15) is 5.75 Å². The summed E-state index contributed by atoms with van der Waals surface area (Å²) in [4.78, 5) is 16.5. The van der Waals surface area contributed by atoms with Crippen molar-refractivity contribution >= 4 is 17.6 Å². The lowest BCUT2D eigenvalue weighted by molar-refractivity contribution is -0.121. The van der Waals surface area contributed by atoms with E-state index in [0.717, 1.165) is 24.5 Å². The van der Waals surface area contributed by atoms with Crippen LogP contribution in [0.5, 0.6) is 5.75 Å². The van der Waals surface area contributed by atoms with Gasteiger partial charge in [-0.3, -0.25) is 9.79 Å². The molecule has 0 atom stereocenters. The van der Waals surface area contributed by atoms with Gasteiger partial charge >= 0.3 is 0 Å². The highest BCUT2D eigenvalue weighted by Crippen LogP contribution is 2.16. The number of anilines is 1. The molecule has 1 amide bonds. The van der Waals surface area contributed by atoms with E-state index in [0.29, 0.717) is 38.0 Å². The zero-order valence-corrected chi connectivity index (χ0v) is 19.5. The monoisotopic (exact) mass is 420 g/mol. The van der Waals surface area contributed by atoms with Crippen molar-refractivity contribution in [2.24, 2.45) is 10.9 Å². The maximum atomic E-state index is 11.9. The molecule has 1 aromatic carbocycles. The van der Waals surface area contributed by atoms with Crippen molar-refractivity contribution in [1.29, 1.82) is 0 Å². The molecule has 170 valence electrons. The molecule has 3 N–H and O–H groups in total. The summed E-state index contributed by atoms with van der Waals surface area (Å²) in [6.45, 7) is 14.8. The minimum atomic E-state index is 0.0223. The van der Waals surface area contributed by atoms with Crippen molar-refractivity contribution < 1.29 is 14.3 Å². The van der Waals surface area contributed by atoms with Crippen molar-refractivity contribution in [3.63, 3.8) is 0 Å². The topological polar surface area (TPSA) is 84.0 Å².